The van der Waals surface area contributed by atoms with Crippen molar-refractivity contribution in [2.45, 2.75) is 45.9 Å². The Kier molecular flexibility index (Phi) is 12.5. The summed E-state index contributed by atoms with van der Waals surface area (Å²) in [6, 6.07) is 15.5. The lowest BCUT2D eigenvalue weighted by Crippen LogP contribution is -2.20. The van der Waals surface area contributed by atoms with Crippen LogP contribution in [0, 0.1) is 0 Å². The average Bonchev–Trinajstić information content (AvgIpc) is 3.64. The third-order valence-corrected chi connectivity index (χ3v) is 6.86. The van der Waals surface area contributed by atoms with Crippen LogP contribution < -0.4 is 0 Å². The van der Waals surface area contributed by atoms with Gasteiger partial charge in [0.2, 0.25) is 12.1 Å². The van der Waals surface area contributed by atoms with Crippen molar-refractivity contribution in [1.29, 1.82) is 0 Å². The highest BCUT2D eigenvalue weighted by Crippen LogP contribution is 2.30. The van der Waals surface area contributed by atoms with Gasteiger partial charge in [-0.05, 0) is 35.2 Å². The summed E-state index contributed by atoms with van der Waals surface area (Å²) in [6.45, 7) is 4.02. The van der Waals surface area contributed by atoms with Crippen molar-refractivity contribution in [2.75, 3.05) is 26.4 Å². The molecular weight excluding hydrogens is 610 g/mol. The van der Waals surface area contributed by atoms with Crippen LogP contribution in [0.1, 0.15) is 54.8 Å². The van der Waals surface area contributed by atoms with Gasteiger partial charge in [-0.15, -0.1) is 15.0 Å². The Bertz CT molecular complexity index is 1540. The molecule has 45 heavy (non-hydrogen) atoms. The highest BCUT2D eigenvalue weighted by atomic mass is 35.5. The number of imidazole rings is 1. The van der Waals surface area contributed by atoms with Crippen LogP contribution in [-0.4, -0.2) is 84.4 Å². The van der Waals surface area contributed by atoms with E-state index in [1.807, 2.05) is 53.1 Å². The molecule has 0 saturated heterocycles. The lowest BCUT2D eigenvalue weighted by molar-refractivity contribution is -0.493. The van der Waals surface area contributed by atoms with Crippen molar-refractivity contribution in [3.63, 3.8) is 0 Å². The maximum absolute atomic E-state index is 12.1. The van der Waals surface area contributed by atoms with Crippen LogP contribution >= 0.6 is 11.6 Å². The van der Waals surface area contributed by atoms with E-state index < -0.39 is 17.8 Å². The molecule has 16 heteroatoms. The first kappa shape index (κ1) is 33.6. The van der Waals surface area contributed by atoms with Gasteiger partial charge in [0.05, 0.1) is 25.2 Å². The minimum absolute atomic E-state index is 0.0465. The van der Waals surface area contributed by atoms with Gasteiger partial charge in [0.15, 0.2) is 11.4 Å². The molecule has 0 spiro atoms. The third kappa shape index (κ3) is 9.37. The molecular formula is C29H34ClN7O8. The lowest BCUT2D eigenvalue weighted by Gasteiger charge is -2.12. The number of carbonyl (C=O) groups excluding carboxylic acids is 2. The van der Waals surface area contributed by atoms with E-state index in [4.69, 9.17) is 36.2 Å². The Morgan fingerprint density at radius 2 is 1.80 bits per heavy atom. The molecule has 0 fully saturated rings. The molecule has 0 bridgehead atoms. The third-order valence-electron chi connectivity index (χ3n) is 6.58. The molecule has 0 aliphatic rings. The zero-order valence-electron chi connectivity index (χ0n) is 24.8. The molecule has 1 unspecified atom stereocenters. The highest BCUT2D eigenvalue weighted by molar-refractivity contribution is 6.31. The van der Waals surface area contributed by atoms with Gasteiger partial charge >= 0.3 is 6.16 Å². The van der Waals surface area contributed by atoms with Gasteiger partial charge in [-0.25, -0.2) is 14.6 Å². The number of unbranched alkanes of at least 4 members (excludes halogenated alkanes) is 1. The van der Waals surface area contributed by atoms with E-state index in [2.05, 4.69) is 32.2 Å². The summed E-state index contributed by atoms with van der Waals surface area (Å²) in [5.74, 6) is 1.12. The lowest BCUT2D eigenvalue weighted by atomic mass is 9.98. The summed E-state index contributed by atoms with van der Waals surface area (Å²) in [6.07, 6.45) is 1.57. The number of carbonyl (C=O) groups is 2. The Hall–Kier alpha value is -4.25. The predicted octanol–water partition coefficient (Wildman–Crippen LogP) is 4.76. The number of tetrazole rings is 1. The number of nitrogens with zero attached hydrogens (tertiary/aromatic N) is 7. The van der Waals surface area contributed by atoms with E-state index in [1.54, 1.807) is 6.92 Å². The zero-order valence-corrected chi connectivity index (χ0v) is 25.5. The minimum atomic E-state index is -0.950. The van der Waals surface area contributed by atoms with Crippen LogP contribution in [0.4, 0.5) is 4.79 Å². The van der Waals surface area contributed by atoms with E-state index in [0.29, 0.717) is 18.1 Å². The van der Waals surface area contributed by atoms with E-state index in [1.165, 1.54) is 0 Å². The quantitative estimate of drug-likeness (QED) is 0.0697. The van der Waals surface area contributed by atoms with Crippen molar-refractivity contribution < 1.29 is 39.1 Å². The standard InChI is InChI=1S/C29H34ClN7O8/c1-3-4-9-26-31-27(30)25(19-38)35(26)18-21-10-12-22(13-11-21)23-7-5-6-8-24(23)28-32-34-36(33-28)20(2)45-29(39)43-16-14-42-15-17-44-37(40)41/h5-8,10-13,19-20,40-41H,3-4,9,14-18H2,1-2H3. The van der Waals surface area contributed by atoms with Gasteiger partial charge in [0.25, 0.3) is 0 Å². The smallest absolute Gasteiger partial charge is 0.432 e. The number of hydrogen-bond acceptors (Lipinski definition) is 13. The van der Waals surface area contributed by atoms with Gasteiger partial charge in [-0.3, -0.25) is 15.2 Å². The second-order valence-electron chi connectivity index (χ2n) is 9.70. The molecule has 0 aliphatic carbocycles. The largest absolute Gasteiger partial charge is 0.510 e. The number of aryl methyl sites for hydroxylation is 1. The monoisotopic (exact) mass is 643 g/mol. The predicted molar refractivity (Wildman–Crippen MR) is 158 cm³/mol. The fourth-order valence-electron chi connectivity index (χ4n) is 4.37. The number of aromatic nitrogens is 6. The molecule has 0 aliphatic heterocycles. The first-order valence-corrected chi connectivity index (χ1v) is 14.6. The van der Waals surface area contributed by atoms with Crippen LogP contribution in [0.15, 0.2) is 48.5 Å². The summed E-state index contributed by atoms with van der Waals surface area (Å²) in [4.78, 5) is 33.7. The fraction of sp³-hybridized carbons (Fsp3) is 0.379. The minimum Gasteiger partial charge on any atom is -0.432 e. The summed E-state index contributed by atoms with van der Waals surface area (Å²) in [7, 11) is 0. The molecule has 15 nitrogen and oxygen atoms in total. The van der Waals surface area contributed by atoms with E-state index in [9.17, 15) is 9.59 Å². The molecule has 0 amide bonds. The van der Waals surface area contributed by atoms with E-state index in [-0.39, 0.29) is 31.6 Å². The number of rotatable bonds is 17. The maximum atomic E-state index is 12.1. The van der Waals surface area contributed by atoms with Crippen molar-refractivity contribution in [3.05, 3.63) is 70.8 Å². The second kappa shape index (κ2) is 16.7. The van der Waals surface area contributed by atoms with Crippen molar-refractivity contribution in [1.82, 2.24) is 35.1 Å². The van der Waals surface area contributed by atoms with Crippen molar-refractivity contribution >= 4 is 24.0 Å². The van der Waals surface area contributed by atoms with Crippen LogP contribution in [0.5, 0.6) is 0 Å². The summed E-state index contributed by atoms with van der Waals surface area (Å²) < 4.78 is 17.2. The van der Waals surface area contributed by atoms with Crippen LogP contribution in [0.25, 0.3) is 22.5 Å². The SMILES string of the molecule is CCCCc1nc(Cl)c(C=O)n1Cc1ccc(-c2ccccc2-c2nnn(C(C)OC(=O)OCCOCCON(O)O)n2)cc1. The molecule has 1 atom stereocenters. The van der Waals surface area contributed by atoms with Gasteiger partial charge in [0.1, 0.15) is 18.1 Å². The Balaban J connectivity index is 1.38. The number of hydrogen-bond donors (Lipinski definition) is 2. The van der Waals surface area contributed by atoms with Crippen molar-refractivity contribution in [3.8, 4) is 22.5 Å². The first-order chi connectivity index (χ1) is 21.8. The maximum Gasteiger partial charge on any atom is 0.510 e. The molecule has 4 aromatic rings. The molecule has 2 aromatic carbocycles. The number of benzene rings is 2. The van der Waals surface area contributed by atoms with E-state index >= 15 is 0 Å². The Morgan fingerprint density at radius 1 is 1.07 bits per heavy atom. The Labute approximate surface area is 263 Å². The van der Waals surface area contributed by atoms with Crippen LogP contribution in [-0.2, 0) is 32.0 Å². The number of ether oxygens (including phenoxy) is 3. The van der Waals surface area contributed by atoms with Crippen molar-refractivity contribution in [2.24, 2.45) is 0 Å². The Morgan fingerprint density at radius 3 is 2.51 bits per heavy atom. The molecule has 2 aromatic heterocycles. The number of aldehydes is 1. The molecule has 2 N–H and O–H groups in total. The van der Waals surface area contributed by atoms with Crippen LogP contribution in [0.2, 0.25) is 5.15 Å². The van der Waals surface area contributed by atoms with E-state index in [0.717, 1.165) is 58.4 Å². The highest BCUT2D eigenvalue weighted by Gasteiger charge is 2.19. The van der Waals surface area contributed by atoms with Gasteiger partial charge in [0, 0.05) is 18.5 Å². The average molecular weight is 644 g/mol. The van der Waals surface area contributed by atoms with Gasteiger partial charge in [-0.1, -0.05) is 73.5 Å². The normalized spacial score (nSPS) is 12.0. The summed E-state index contributed by atoms with van der Waals surface area (Å²) in [5.41, 5.74) is 3.87. The summed E-state index contributed by atoms with van der Waals surface area (Å²) >= 11 is 6.24. The summed E-state index contributed by atoms with van der Waals surface area (Å²) in [5, 5.41) is 29.3. The van der Waals surface area contributed by atoms with Gasteiger partial charge in [-0.2, -0.15) is 0 Å². The first-order valence-electron chi connectivity index (χ1n) is 14.2. The van der Waals surface area contributed by atoms with Gasteiger partial charge < -0.3 is 18.8 Å². The fourth-order valence-corrected chi connectivity index (χ4v) is 4.61. The number of halogens is 1. The van der Waals surface area contributed by atoms with Crippen LogP contribution in [0.3, 0.4) is 0 Å². The molecule has 240 valence electrons. The second-order valence-corrected chi connectivity index (χ2v) is 10.1. The zero-order chi connectivity index (χ0) is 32.2. The molecule has 2 heterocycles. The topological polar surface area (TPSA) is 176 Å². The molecule has 0 radical (unpaired) electrons. The molecule has 0 saturated carbocycles. The molecule has 4 rings (SSSR count).